The molecule has 0 amide bonds. The second-order valence-corrected chi connectivity index (χ2v) is 5.52. The Balaban J connectivity index is 2.22. The smallest absolute Gasteiger partial charge is 0.137 e. The van der Waals surface area contributed by atoms with Crippen LogP contribution in [0.5, 0.6) is 0 Å². The van der Waals surface area contributed by atoms with Crippen LogP contribution in [0.4, 0.5) is 11.5 Å². The van der Waals surface area contributed by atoms with E-state index in [1.807, 2.05) is 30.0 Å². The number of hydrogen-bond donors (Lipinski definition) is 2. The first-order valence-corrected chi connectivity index (χ1v) is 7.20. The van der Waals surface area contributed by atoms with Gasteiger partial charge in [-0.3, -0.25) is 0 Å². The average molecular weight is 262 g/mol. The molecule has 2 rings (SSSR count). The van der Waals surface area contributed by atoms with Gasteiger partial charge >= 0.3 is 0 Å². The van der Waals surface area contributed by atoms with Crippen molar-refractivity contribution < 1.29 is 0 Å². The van der Waals surface area contributed by atoms with Crippen LogP contribution in [-0.4, -0.2) is 27.5 Å². The van der Waals surface area contributed by atoms with Crippen LogP contribution in [0.1, 0.15) is 13.8 Å². The van der Waals surface area contributed by atoms with Crippen molar-refractivity contribution in [1.29, 1.82) is 0 Å². The van der Waals surface area contributed by atoms with Crippen LogP contribution in [0.3, 0.4) is 0 Å². The highest BCUT2D eigenvalue weighted by Gasteiger charge is 2.07. The fourth-order valence-electron chi connectivity index (χ4n) is 1.76. The monoisotopic (exact) mass is 262 g/mol. The molecule has 1 unspecified atom stereocenters. The van der Waals surface area contributed by atoms with Crippen molar-refractivity contribution in [3.05, 3.63) is 24.5 Å². The van der Waals surface area contributed by atoms with E-state index >= 15 is 0 Å². The number of aromatic nitrogens is 2. The van der Waals surface area contributed by atoms with E-state index in [0.717, 1.165) is 33.9 Å². The van der Waals surface area contributed by atoms with Crippen LogP contribution >= 0.6 is 11.8 Å². The van der Waals surface area contributed by atoms with Gasteiger partial charge in [-0.15, -0.1) is 0 Å². The molecule has 0 saturated heterocycles. The van der Waals surface area contributed by atoms with Crippen LogP contribution < -0.4 is 11.1 Å². The van der Waals surface area contributed by atoms with Crippen LogP contribution in [0, 0.1) is 0 Å². The fraction of sp³-hybridized carbons (Fsp3) is 0.385. The molecule has 0 radical (unpaired) electrons. The molecule has 0 fully saturated rings. The lowest BCUT2D eigenvalue weighted by Crippen LogP contribution is -2.19. The lowest BCUT2D eigenvalue weighted by molar-refractivity contribution is 0.903. The van der Waals surface area contributed by atoms with Gasteiger partial charge in [-0.05, 0) is 30.9 Å². The molecule has 96 valence electrons. The molecule has 1 heterocycles. The lowest BCUT2D eigenvalue weighted by Gasteiger charge is -2.15. The van der Waals surface area contributed by atoms with Gasteiger partial charge in [0.25, 0.3) is 0 Å². The Kier molecular flexibility index (Phi) is 4.25. The molecule has 1 atom stereocenters. The summed E-state index contributed by atoms with van der Waals surface area (Å²) < 4.78 is 0. The fourth-order valence-corrected chi connectivity index (χ4v) is 2.43. The van der Waals surface area contributed by atoms with Crippen LogP contribution in [-0.2, 0) is 0 Å². The quantitative estimate of drug-likeness (QED) is 0.811. The van der Waals surface area contributed by atoms with Crippen molar-refractivity contribution in [2.75, 3.05) is 22.6 Å². The third-order valence-electron chi connectivity index (χ3n) is 2.62. The third-order valence-corrected chi connectivity index (χ3v) is 3.76. The summed E-state index contributed by atoms with van der Waals surface area (Å²) in [6.07, 6.45) is 1.57. The maximum absolute atomic E-state index is 5.76. The summed E-state index contributed by atoms with van der Waals surface area (Å²) in [5.74, 6) is 3.08. The van der Waals surface area contributed by atoms with Gasteiger partial charge in [-0.25, -0.2) is 9.97 Å². The predicted molar refractivity (Wildman–Crippen MR) is 80.0 cm³/mol. The van der Waals surface area contributed by atoms with Crippen molar-refractivity contribution in [2.24, 2.45) is 0 Å². The highest BCUT2D eigenvalue weighted by atomic mass is 32.2. The summed E-state index contributed by atoms with van der Waals surface area (Å²) >= 11 is 1.92. The molecule has 1 aromatic heterocycles. The first-order valence-electron chi connectivity index (χ1n) is 6.05. The molecule has 5 heteroatoms. The molecule has 18 heavy (non-hydrogen) atoms. The van der Waals surface area contributed by atoms with Crippen molar-refractivity contribution in [3.63, 3.8) is 0 Å². The summed E-state index contributed by atoms with van der Waals surface area (Å²) in [7, 11) is 0. The molecule has 3 N–H and O–H groups in total. The zero-order chi connectivity index (χ0) is 13.0. The second-order valence-electron chi connectivity index (χ2n) is 4.20. The van der Waals surface area contributed by atoms with E-state index < -0.39 is 0 Å². The molecule has 0 aliphatic carbocycles. The van der Waals surface area contributed by atoms with Gasteiger partial charge in [-0.1, -0.05) is 6.92 Å². The van der Waals surface area contributed by atoms with E-state index in [-0.39, 0.29) is 0 Å². The largest absolute Gasteiger partial charge is 0.399 e. The number of nitrogens with one attached hydrogen (secondary N) is 1. The Bertz CT molecular complexity index is 529. The third kappa shape index (κ3) is 3.04. The Labute approximate surface area is 111 Å². The number of hydrogen-bond acceptors (Lipinski definition) is 5. The zero-order valence-electron chi connectivity index (χ0n) is 10.7. The Hall–Kier alpha value is -1.49. The van der Waals surface area contributed by atoms with E-state index in [0.29, 0.717) is 6.04 Å². The van der Waals surface area contributed by atoms with E-state index in [1.54, 1.807) is 6.33 Å². The topological polar surface area (TPSA) is 63.8 Å². The minimum Gasteiger partial charge on any atom is -0.399 e. The minimum absolute atomic E-state index is 0.380. The standard InChI is InChI=1S/C13H18N4S/c1-3-18-7-9(2)17-13-11-5-4-10(14)6-12(11)15-8-16-13/h4-6,8-9H,3,7,14H2,1-2H3,(H,15,16,17). The summed E-state index contributed by atoms with van der Waals surface area (Å²) in [6.45, 7) is 4.33. The molecule has 0 aliphatic heterocycles. The van der Waals surface area contributed by atoms with Gasteiger partial charge in [-0.2, -0.15) is 11.8 Å². The average Bonchev–Trinajstić information content (AvgIpc) is 2.36. The van der Waals surface area contributed by atoms with Crippen LogP contribution in [0.15, 0.2) is 24.5 Å². The lowest BCUT2D eigenvalue weighted by atomic mass is 10.2. The van der Waals surface area contributed by atoms with E-state index in [4.69, 9.17) is 5.73 Å². The maximum Gasteiger partial charge on any atom is 0.137 e. The molecule has 0 saturated carbocycles. The van der Waals surface area contributed by atoms with Crippen molar-refractivity contribution in [2.45, 2.75) is 19.9 Å². The number of anilines is 2. The number of nitrogen functional groups attached to an aromatic ring is 1. The maximum atomic E-state index is 5.76. The molecule has 2 aromatic rings. The number of benzene rings is 1. The van der Waals surface area contributed by atoms with Gasteiger partial charge < -0.3 is 11.1 Å². The Morgan fingerprint density at radius 2 is 2.22 bits per heavy atom. The molecule has 0 spiro atoms. The summed E-state index contributed by atoms with van der Waals surface area (Å²) in [4.78, 5) is 8.55. The second kappa shape index (κ2) is 5.91. The Morgan fingerprint density at radius 1 is 1.39 bits per heavy atom. The van der Waals surface area contributed by atoms with Crippen LogP contribution in [0.25, 0.3) is 10.9 Å². The molecular weight excluding hydrogens is 244 g/mol. The van der Waals surface area contributed by atoms with E-state index in [1.165, 1.54) is 0 Å². The highest BCUT2D eigenvalue weighted by molar-refractivity contribution is 7.99. The van der Waals surface area contributed by atoms with Crippen molar-refractivity contribution in [3.8, 4) is 0 Å². The molecule has 1 aromatic carbocycles. The number of thioether (sulfide) groups is 1. The number of rotatable bonds is 5. The normalized spacial score (nSPS) is 12.6. The van der Waals surface area contributed by atoms with Crippen LogP contribution in [0.2, 0.25) is 0 Å². The molecule has 0 bridgehead atoms. The van der Waals surface area contributed by atoms with Gasteiger partial charge in [0.1, 0.15) is 12.1 Å². The zero-order valence-corrected chi connectivity index (χ0v) is 11.5. The molecule has 0 aliphatic rings. The van der Waals surface area contributed by atoms with E-state index in [2.05, 4.69) is 29.1 Å². The molecular formula is C13H18N4S. The number of nitrogens with two attached hydrogens (primary N) is 1. The van der Waals surface area contributed by atoms with Gasteiger partial charge in [0.15, 0.2) is 0 Å². The summed E-state index contributed by atoms with van der Waals surface area (Å²) in [5.41, 5.74) is 7.36. The summed E-state index contributed by atoms with van der Waals surface area (Å²) in [5, 5.41) is 4.44. The SMILES string of the molecule is CCSCC(C)Nc1ncnc2cc(N)ccc12. The molecule has 4 nitrogen and oxygen atoms in total. The first kappa shape index (κ1) is 13.0. The van der Waals surface area contributed by atoms with Gasteiger partial charge in [0.2, 0.25) is 0 Å². The van der Waals surface area contributed by atoms with E-state index in [9.17, 15) is 0 Å². The highest BCUT2D eigenvalue weighted by Crippen LogP contribution is 2.22. The van der Waals surface area contributed by atoms with Gasteiger partial charge in [0, 0.05) is 22.9 Å². The number of nitrogens with zero attached hydrogens (tertiary/aromatic N) is 2. The van der Waals surface area contributed by atoms with Gasteiger partial charge in [0.05, 0.1) is 5.52 Å². The summed E-state index contributed by atoms with van der Waals surface area (Å²) in [6, 6.07) is 6.09. The van der Waals surface area contributed by atoms with Crippen molar-refractivity contribution in [1.82, 2.24) is 9.97 Å². The first-order chi connectivity index (χ1) is 8.70. The van der Waals surface area contributed by atoms with Crippen molar-refractivity contribution >= 4 is 34.2 Å². The predicted octanol–water partition coefficient (Wildman–Crippen LogP) is 2.77. The Morgan fingerprint density at radius 3 is 3.00 bits per heavy atom. The minimum atomic E-state index is 0.380. The number of fused-ring (bicyclic) bond motifs is 1.